The number of hydrogen-bond donors (Lipinski definition) is 1. The molecule has 0 aliphatic carbocycles. The average Bonchev–Trinajstić information content (AvgIpc) is 2.96. The van der Waals surface area contributed by atoms with Gasteiger partial charge >= 0.3 is 0 Å². The molecule has 3 rings (SSSR count). The van der Waals surface area contributed by atoms with E-state index in [9.17, 15) is 9.59 Å². The summed E-state index contributed by atoms with van der Waals surface area (Å²) in [5.74, 6) is -0.232. The quantitative estimate of drug-likeness (QED) is 0.638. The van der Waals surface area contributed by atoms with Crippen LogP contribution in [0, 0.1) is 13.8 Å². The van der Waals surface area contributed by atoms with Crippen molar-refractivity contribution in [2.45, 2.75) is 33.7 Å². The van der Waals surface area contributed by atoms with E-state index in [1.165, 1.54) is 0 Å². The van der Waals surface area contributed by atoms with Crippen LogP contribution >= 0.6 is 0 Å². The average molecular weight is 360 g/mol. The topological polar surface area (TPSA) is 51.1 Å². The summed E-state index contributed by atoms with van der Waals surface area (Å²) in [7, 11) is 0. The minimum absolute atomic E-state index is 0.0651. The van der Waals surface area contributed by atoms with Gasteiger partial charge in [-0.05, 0) is 45.9 Å². The number of benzene rings is 2. The van der Waals surface area contributed by atoms with Crippen LogP contribution in [0.2, 0.25) is 0 Å². The van der Waals surface area contributed by atoms with Gasteiger partial charge in [-0.25, -0.2) is 0 Å². The van der Waals surface area contributed by atoms with Gasteiger partial charge in [-0.3, -0.25) is 9.59 Å². The Kier molecular flexibility index (Phi) is 5.26. The highest BCUT2D eigenvalue weighted by atomic mass is 16.1. The molecule has 1 amide bonds. The van der Waals surface area contributed by atoms with Crippen LogP contribution in [-0.2, 0) is 0 Å². The van der Waals surface area contributed by atoms with Crippen molar-refractivity contribution in [3.05, 3.63) is 88.7 Å². The lowest BCUT2D eigenvalue weighted by Gasteiger charge is -2.13. The number of carbonyl (C=O) groups is 2. The summed E-state index contributed by atoms with van der Waals surface area (Å²) in [6.45, 7) is 8.15. The fourth-order valence-electron chi connectivity index (χ4n) is 3.49. The molecule has 0 spiro atoms. The lowest BCUT2D eigenvalue weighted by atomic mass is 10.0. The summed E-state index contributed by atoms with van der Waals surface area (Å²) in [6, 6.07) is 18.4. The molecule has 1 N–H and O–H groups in total. The number of hydrogen-bond acceptors (Lipinski definition) is 2. The second-order valence-electron chi connectivity index (χ2n) is 6.98. The van der Waals surface area contributed by atoms with Crippen molar-refractivity contribution < 1.29 is 9.59 Å². The Labute approximate surface area is 159 Å². The summed E-state index contributed by atoms with van der Waals surface area (Å²) < 4.78 is 2.14. The number of ketones is 1. The van der Waals surface area contributed by atoms with E-state index in [1.807, 2.05) is 38.1 Å². The van der Waals surface area contributed by atoms with Crippen molar-refractivity contribution in [2.24, 2.45) is 0 Å². The highest BCUT2D eigenvalue weighted by Crippen LogP contribution is 2.22. The Bertz CT molecular complexity index is 985. The van der Waals surface area contributed by atoms with Crippen LogP contribution in [0.4, 0.5) is 5.69 Å². The van der Waals surface area contributed by atoms with Crippen molar-refractivity contribution in [1.82, 2.24) is 4.57 Å². The number of rotatable bonds is 5. The molecule has 0 saturated carbocycles. The van der Waals surface area contributed by atoms with Crippen LogP contribution in [0.3, 0.4) is 0 Å². The summed E-state index contributed by atoms with van der Waals surface area (Å²) in [5.41, 5.74) is 4.43. The van der Waals surface area contributed by atoms with E-state index in [0.29, 0.717) is 28.4 Å². The zero-order chi connectivity index (χ0) is 19.6. The first kappa shape index (κ1) is 18.6. The highest BCUT2D eigenvalue weighted by molar-refractivity contribution is 6.10. The molecule has 0 unspecified atom stereocenters. The molecule has 0 atom stereocenters. The van der Waals surface area contributed by atoms with Crippen molar-refractivity contribution in [3.63, 3.8) is 0 Å². The van der Waals surface area contributed by atoms with Crippen molar-refractivity contribution in [3.8, 4) is 0 Å². The highest BCUT2D eigenvalue weighted by Gasteiger charge is 2.17. The van der Waals surface area contributed by atoms with Gasteiger partial charge in [0.25, 0.3) is 5.91 Å². The van der Waals surface area contributed by atoms with Crippen LogP contribution in [0.15, 0.2) is 60.7 Å². The molecule has 0 aliphatic rings. The maximum absolute atomic E-state index is 12.8. The summed E-state index contributed by atoms with van der Waals surface area (Å²) >= 11 is 0. The lowest BCUT2D eigenvalue weighted by molar-refractivity contribution is 0.102. The fraction of sp³-hybridized carbons (Fsp3) is 0.217. The third-order valence-corrected chi connectivity index (χ3v) is 4.66. The minimum atomic E-state index is -0.167. The number of nitrogens with zero attached hydrogens (tertiary/aromatic N) is 1. The molecular formula is C23H24N2O2. The minimum Gasteiger partial charge on any atom is -0.346 e. The van der Waals surface area contributed by atoms with Crippen LogP contribution in [-0.4, -0.2) is 16.3 Å². The second kappa shape index (κ2) is 7.62. The van der Waals surface area contributed by atoms with Crippen molar-refractivity contribution in [1.29, 1.82) is 0 Å². The number of anilines is 1. The van der Waals surface area contributed by atoms with Gasteiger partial charge in [-0.15, -0.1) is 0 Å². The van der Waals surface area contributed by atoms with Gasteiger partial charge in [-0.1, -0.05) is 42.5 Å². The molecule has 27 heavy (non-hydrogen) atoms. The molecule has 3 aromatic rings. The first-order chi connectivity index (χ1) is 12.9. The first-order valence-electron chi connectivity index (χ1n) is 9.08. The molecule has 4 nitrogen and oxygen atoms in total. The van der Waals surface area contributed by atoms with Gasteiger partial charge in [-0.2, -0.15) is 0 Å². The normalized spacial score (nSPS) is 10.9. The number of nitrogens with one attached hydrogen (secondary N) is 1. The third-order valence-electron chi connectivity index (χ3n) is 4.66. The zero-order valence-electron chi connectivity index (χ0n) is 16.1. The largest absolute Gasteiger partial charge is 0.346 e. The Hall–Kier alpha value is -3.14. The van der Waals surface area contributed by atoms with Crippen molar-refractivity contribution >= 4 is 17.4 Å². The molecule has 1 aromatic heterocycles. The third kappa shape index (κ3) is 3.85. The van der Waals surface area contributed by atoms with Gasteiger partial charge in [0.2, 0.25) is 0 Å². The van der Waals surface area contributed by atoms with Crippen molar-refractivity contribution in [2.75, 3.05) is 5.32 Å². The number of aromatic nitrogens is 1. The van der Waals surface area contributed by atoms with Gasteiger partial charge in [0.1, 0.15) is 0 Å². The van der Waals surface area contributed by atoms with E-state index in [2.05, 4.69) is 23.7 Å². The lowest BCUT2D eigenvalue weighted by Crippen LogP contribution is -2.14. The standard InChI is InChI=1S/C23H24N2O2/c1-15(2)25-16(3)13-21(17(25)4)23(27)24-20-12-8-11-19(14-20)22(26)18-9-6-5-7-10-18/h5-15H,1-4H3,(H,24,27). The van der Waals surface area contributed by atoms with Gasteiger partial charge in [0, 0.05) is 34.2 Å². The zero-order valence-corrected chi connectivity index (χ0v) is 16.1. The Morgan fingerprint density at radius 2 is 1.56 bits per heavy atom. The van der Waals surface area contributed by atoms with E-state index in [4.69, 9.17) is 0 Å². The van der Waals surface area contributed by atoms with E-state index in [-0.39, 0.29) is 11.7 Å². The van der Waals surface area contributed by atoms with E-state index >= 15 is 0 Å². The molecular weight excluding hydrogens is 336 g/mol. The summed E-state index contributed by atoms with van der Waals surface area (Å²) in [4.78, 5) is 25.4. The number of amides is 1. The van der Waals surface area contributed by atoms with E-state index in [0.717, 1.165) is 11.4 Å². The molecule has 0 fully saturated rings. The smallest absolute Gasteiger partial charge is 0.257 e. The fourth-order valence-corrected chi connectivity index (χ4v) is 3.49. The molecule has 0 radical (unpaired) electrons. The number of carbonyl (C=O) groups excluding carboxylic acids is 2. The Morgan fingerprint density at radius 3 is 2.19 bits per heavy atom. The predicted molar refractivity (Wildman–Crippen MR) is 109 cm³/mol. The van der Waals surface area contributed by atoms with Crippen LogP contribution in [0.25, 0.3) is 0 Å². The molecule has 1 heterocycles. The van der Waals surface area contributed by atoms with Crippen LogP contribution in [0.5, 0.6) is 0 Å². The van der Waals surface area contributed by atoms with Gasteiger partial charge in [0.05, 0.1) is 5.56 Å². The van der Waals surface area contributed by atoms with Gasteiger partial charge in [0.15, 0.2) is 5.78 Å². The van der Waals surface area contributed by atoms with E-state index < -0.39 is 0 Å². The molecule has 0 aliphatic heterocycles. The van der Waals surface area contributed by atoms with Crippen LogP contribution in [0.1, 0.15) is 57.6 Å². The maximum atomic E-state index is 12.8. The maximum Gasteiger partial charge on any atom is 0.257 e. The molecule has 138 valence electrons. The number of aryl methyl sites for hydroxylation is 1. The molecule has 2 aromatic carbocycles. The predicted octanol–water partition coefficient (Wildman–Crippen LogP) is 5.17. The van der Waals surface area contributed by atoms with Gasteiger partial charge < -0.3 is 9.88 Å². The molecule has 4 heteroatoms. The monoisotopic (exact) mass is 360 g/mol. The molecule has 0 saturated heterocycles. The van der Waals surface area contributed by atoms with Crippen LogP contribution < -0.4 is 5.32 Å². The van der Waals surface area contributed by atoms with E-state index in [1.54, 1.807) is 36.4 Å². The Morgan fingerprint density at radius 1 is 0.889 bits per heavy atom. The SMILES string of the molecule is Cc1cc(C(=O)Nc2cccc(C(=O)c3ccccc3)c2)c(C)n1C(C)C. The summed E-state index contributed by atoms with van der Waals surface area (Å²) in [5, 5.41) is 2.92. The first-order valence-corrected chi connectivity index (χ1v) is 9.08. The molecule has 0 bridgehead atoms. The Balaban J connectivity index is 1.84. The second-order valence-corrected chi connectivity index (χ2v) is 6.98. The summed E-state index contributed by atoms with van der Waals surface area (Å²) in [6.07, 6.45) is 0.